The second-order valence-electron chi connectivity index (χ2n) is 8.83. The number of anilines is 1. The Morgan fingerprint density at radius 2 is 1.64 bits per heavy atom. The van der Waals surface area contributed by atoms with E-state index in [9.17, 15) is 15.3 Å². The molecule has 0 fully saturated rings. The summed E-state index contributed by atoms with van der Waals surface area (Å²) >= 11 is 0. The Kier molecular flexibility index (Phi) is 6.34. The molecule has 3 aromatic carbocycles. The highest BCUT2D eigenvalue weighted by Crippen LogP contribution is 2.50. The summed E-state index contributed by atoms with van der Waals surface area (Å²) in [5.74, 6) is 0.577. The van der Waals surface area contributed by atoms with E-state index >= 15 is 0 Å². The van der Waals surface area contributed by atoms with Gasteiger partial charge in [-0.2, -0.15) is 0 Å². The van der Waals surface area contributed by atoms with Gasteiger partial charge in [-0.15, -0.1) is 0 Å². The number of carbonyl (C=O) groups excluding carboxylic acids is 1. The van der Waals surface area contributed by atoms with Crippen molar-refractivity contribution in [2.24, 2.45) is 0 Å². The third-order valence-electron chi connectivity index (χ3n) is 6.82. The normalized spacial score (nSPS) is 19.2. The van der Waals surface area contributed by atoms with Crippen LogP contribution in [0, 0.1) is 5.41 Å². The molecule has 2 aliphatic rings. The molecule has 0 saturated heterocycles. The fourth-order valence-electron chi connectivity index (χ4n) is 5.18. The van der Waals surface area contributed by atoms with Crippen molar-refractivity contribution in [3.05, 3.63) is 107 Å². The molecule has 0 bridgehead atoms. The lowest BCUT2D eigenvalue weighted by atomic mass is 9.73. The number of rotatable bonds is 5. The van der Waals surface area contributed by atoms with E-state index in [0.717, 1.165) is 11.4 Å². The van der Waals surface area contributed by atoms with E-state index < -0.39 is 5.92 Å². The number of nitrogens with zero attached hydrogens (tertiary/aromatic N) is 1. The lowest BCUT2D eigenvalue weighted by Crippen LogP contribution is -2.42. The molecule has 6 heteroatoms. The number of allylic oxidation sites excluding steroid dienone is 2. The first-order chi connectivity index (χ1) is 17.5. The van der Waals surface area contributed by atoms with Gasteiger partial charge in [-0.25, -0.2) is 0 Å². The van der Waals surface area contributed by atoms with Gasteiger partial charge in [0.05, 0.1) is 20.1 Å². The van der Waals surface area contributed by atoms with Crippen LogP contribution in [0.4, 0.5) is 5.69 Å². The maximum Gasteiger partial charge on any atom is 0.161 e. The number of Topliss-reactive ketones (excluding diaryl/α,β-unsaturated/α-hetero) is 1. The van der Waals surface area contributed by atoms with Crippen LogP contribution in [-0.2, 0) is 4.79 Å². The van der Waals surface area contributed by atoms with Crippen LogP contribution in [0.5, 0.6) is 11.5 Å². The Hall–Kier alpha value is -4.32. The molecule has 1 heterocycles. The van der Waals surface area contributed by atoms with Gasteiger partial charge < -0.3 is 14.6 Å². The average Bonchev–Trinajstić information content (AvgIpc) is 2.92. The third kappa shape index (κ3) is 3.94. The molecule has 6 nitrogen and oxygen atoms in total. The third-order valence-corrected chi connectivity index (χ3v) is 6.82. The summed E-state index contributed by atoms with van der Waals surface area (Å²) < 4.78 is 11.2. The second-order valence-corrected chi connectivity index (χ2v) is 8.83. The molecule has 0 amide bonds. The molecule has 0 radical (unpaired) electrons. The Morgan fingerprint density at radius 3 is 2.31 bits per heavy atom. The molecule has 0 aromatic heterocycles. The number of amidine groups is 1. The van der Waals surface area contributed by atoms with Crippen molar-refractivity contribution < 1.29 is 19.4 Å². The molecule has 1 aliphatic heterocycles. The van der Waals surface area contributed by atoms with E-state index in [-0.39, 0.29) is 17.4 Å². The highest BCUT2D eigenvalue weighted by molar-refractivity contribution is 6.19. The maximum atomic E-state index is 13.6. The Bertz CT molecular complexity index is 1380. The van der Waals surface area contributed by atoms with Crippen LogP contribution in [0.15, 0.2) is 95.7 Å². The first-order valence-electron chi connectivity index (χ1n) is 12.0. The van der Waals surface area contributed by atoms with Gasteiger partial charge in [0.2, 0.25) is 0 Å². The van der Waals surface area contributed by atoms with Gasteiger partial charge in [-0.05, 0) is 43.2 Å². The zero-order valence-corrected chi connectivity index (χ0v) is 20.3. The van der Waals surface area contributed by atoms with Crippen molar-refractivity contribution in [3.63, 3.8) is 0 Å². The van der Waals surface area contributed by atoms with E-state index in [4.69, 9.17) is 9.47 Å². The van der Waals surface area contributed by atoms with E-state index in [1.807, 2.05) is 59.5 Å². The largest absolute Gasteiger partial charge is 0.507 e. The minimum absolute atomic E-state index is 0.0120. The zero-order valence-electron chi connectivity index (χ0n) is 20.3. The molecule has 36 heavy (non-hydrogen) atoms. The van der Waals surface area contributed by atoms with Crippen LogP contribution >= 0.6 is 0 Å². The summed E-state index contributed by atoms with van der Waals surface area (Å²) in [5.41, 5.74) is 3.76. The van der Waals surface area contributed by atoms with Crippen molar-refractivity contribution in [3.8, 4) is 11.5 Å². The van der Waals surface area contributed by atoms with Gasteiger partial charge >= 0.3 is 0 Å². The van der Waals surface area contributed by atoms with Gasteiger partial charge in [0.15, 0.2) is 5.78 Å². The van der Waals surface area contributed by atoms with Gasteiger partial charge in [-0.1, -0.05) is 48.5 Å². The van der Waals surface area contributed by atoms with Gasteiger partial charge in [0, 0.05) is 40.1 Å². The fraction of sp³-hybridized carbons (Fsp3) is 0.200. The number of ketones is 1. The minimum Gasteiger partial charge on any atom is -0.507 e. The molecule has 0 unspecified atom stereocenters. The van der Waals surface area contributed by atoms with Gasteiger partial charge in [0.1, 0.15) is 23.1 Å². The van der Waals surface area contributed by atoms with Gasteiger partial charge in [0.25, 0.3) is 0 Å². The summed E-state index contributed by atoms with van der Waals surface area (Å²) in [5, 5.41) is 21.1. The van der Waals surface area contributed by atoms with Crippen LogP contribution in [0.2, 0.25) is 0 Å². The van der Waals surface area contributed by atoms with Crippen molar-refractivity contribution in [2.75, 3.05) is 19.1 Å². The van der Waals surface area contributed by atoms with Crippen LogP contribution in [0.1, 0.15) is 36.3 Å². The summed E-state index contributed by atoms with van der Waals surface area (Å²) in [7, 11) is 3.16. The standard InChI is InChI=1S/C30H28N2O4/c1-35-21-16-17-25(36-2)22(18-21)26-27-23(14-9-15-24(27)33)32(20-12-7-4-8-13-20)30(31)28(26)29(34)19-10-5-3-6-11-19/h3-8,10-13,16-18,26,31,34H,9,14-15H2,1-2H3/t26-/m0/s1. The zero-order chi connectivity index (χ0) is 25.2. The minimum atomic E-state index is -0.689. The number of ether oxygens (including phenoxy) is 2. The SMILES string of the molecule is COc1ccc(OC)c([C@@H]2C(=C(O)c3ccccc3)C(=N)N(c3ccccc3)C3=C2C(=O)CCC3)c1. The van der Waals surface area contributed by atoms with E-state index in [2.05, 4.69) is 0 Å². The summed E-state index contributed by atoms with van der Waals surface area (Å²) in [6, 6.07) is 24.1. The highest BCUT2D eigenvalue weighted by Gasteiger charge is 2.44. The lowest BCUT2D eigenvalue weighted by molar-refractivity contribution is -0.116. The number of methoxy groups -OCH3 is 2. The smallest absolute Gasteiger partial charge is 0.161 e. The highest BCUT2D eigenvalue weighted by atomic mass is 16.5. The number of nitrogens with one attached hydrogen (secondary N) is 1. The number of carbonyl (C=O) groups is 1. The number of aliphatic hydroxyl groups excluding tert-OH is 1. The molecule has 3 aromatic rings. The molecule has 5 rings (SSSR count). The van der Waals surface area contributed by atoms with Crippen molar-refractivity contribution in [1.82, 2.24) is 0 Å². The predicted molar refractivity (Wildman–Crippen MR) is 141 cm³/mol. The molecule has 182 valence electrons. The molecular formula is C30H28N2O4. The fourth-order valence-corrected chi connectivity index (χ4v) is 5.18. The number of hydrogen-bond acceptors (Lipinski definition) is 5. The molecule has 0 spiro atoms. The number of hydrogen-bond donors (Lipinski definition) is 2. The quantitative estimate of drug-likeness (QED) is 0.421. The Labute approximate surface area is 210 Å². The van der Waals surface area contributed by atoms with Crippen molar-refractivity contribution in [1.29, 1.82) is 5.41 Å². The Balaban J connectivity index is 1.87. The summed E-state index contributed by atoms with van der Waals surface area (Å²) in [6.07, 6.45) is 1.78. The topological polar surface area (TPSA) is 82.8 Å². The number of benzene rings is 3. The monoisotopic (exact) mass is 480 g/mol. The lowest BCUT2D eigenvalue weighted by Gasteiger charge is -2.42. The number of para-hydroxylation sites is 1. The first-order valence-corrected chi connectivity index (χ1v) is 12.0. The average molecular weight is 481 g/mol. The van der Waals surface area contributed by atoms with E-state index in [1.54, 1.807) is 38.5 Å². The first kappa shape index (κ1) is 23.4. The molecule has 2 N–H and O–H groups in total. The summed E-state index contributed by atoms with van der Waals surface area (Å²) in [4.78, 5) is 15.4. The predicted octanol–water partition coefficient (Wildman–Crippen LogP) is 6.26. The van der Waals surface area contributed by atoms with Crippen LogP contribution in [0.3, 0.4) is 0 Å². The van der Waals surface area contributed by atoms with E-state index in [1.165, 1.54) is 0 Å². The second kappa shape index (κ2) is 9.74. The summed E-state index contributed by atoms with van der Waals surface area (Å²) in [6.45, 7) is 0. The van der Waals surface area contributed by atoms with Crippen LogP contribution < -0.4 is 14.4 Å². The van der Waals surface area contributed by atoms with Crippen LogP contribution in [0.25, 0.3) is 5.76 Å². The molecule has 1 atom stereocenters. The van der Waals surface area contributed by atoms with E-state index in [0.29, 0.717) is 53.0 Å². The maximum absolute atomic E-state index is 13.6. The van der Waals surface area contributed by atoms with Crippen molar-refractivity contribution in [2.45, 2.75) is 25.2 Å². The van der Waals surface area contributed by atoms with Crippen molar-refractivity contribution >= 4 is 23.1 Å². The number of aliphatic hydroxyl groups is 1. The molecular weight excluding hydrogens is 452 g/mol. The van der Waals surface area contributed by atoms with Crippen LogP contribution in [-0.4, -0.2) is 30.9 Å². The molecule has 0 saturated carbocycles. The van der Waals surface area contributed by atoms with Gasteiger partial charge in [-0.3, -0.25) is 15.1 Å². The Morgan fingerprint density at radius 1 is 0.944 bits per heavy atom. The molecule has 1 aliphatic carbocycles.